The molecule has 0 spiro atoms. The van der Waals surface area contributed by atoms with Crippen LogP contribution in [0.25, 0.3) is 0 Å². The second kappa shape index (κ2) is 6.95. The highest BCUT2D eigenvalue weighted by Gasteiger charge is 2.33. The standard InChI is InChI=1S/C15H26N2O3/c1-2-11-6-5-9-17(10-11)15(20)16-13-8-4-3-7-12(13)14(18)19/h11-13H,2-10H2,1H3,(H,16,20)(H,18,19). The summed E-state index contributed by atoms with van der Waals surface area (Å²) >= 11 is 0. The van der Waals surface area contributed by atoms with Gasteiger partial charge < -0.3 is 15.3 Å². The van der Waals surface area contributed by atoms with Crippen molar-refractivity contribution in [1.82, 2.24) is 10.2 Å². The van der Waals surface area contributed by atoms with E-state index in [9.17, 15) is 14.7 Å². The van der Waals surface area contributed by atoms with Gasteiger partial charge >= 0.3 is 12.0 Å². The molecule has 0 radical (unpaired) electrons. The zero-order chi connectivity index (χ0) is 14.5. The fraction of sp³-hybridized carbons (Fsp3) is 0.867. The molecule has 1 saturated heterocycles. The van der Waals surface area contributed by atoms with E-state index in [1.807, 2.05) is 4.90 Å². The zero-order valence-corrected chi connectivity index (χ0v) is 12.3. The summed E-state index contributed by atoms with van der Waals surface area (Å²) in [4.78, 5) is 25.4. The monoisotopic (exact) mass is 282 g/mol. The number of carboxylic acid groups (broad SMARTS) is 1. The van der Waals surface area contributed by atoms with Crippen LogP contribution in [0.1, 0.15) is 51.9 Å². The SMILES string of the molecule is CCC1CCCN(C(=O)NC2CCCCC2C(=O)O)C1. The number of carbonyl (C=O) groups is 2. The molecule has 1 aliphatic carbocycles. The number of piperidine rings is 1. The van der Waals surface area contributed by atoms with Gasteiger partial charge in [-0.05, 0) is 31.6 Å². The van der Waals surface area contributed by atoms with Gasteiger partial charge in [0.15, 0.2) is 0 Å². The van der Waals surface area contributed by atoms with Crippen LogP contribution in [0, 0.1) is 11.8 Å². The first kappa shape index (κ1) is 15.1. The lowest BCUT2D eigenvalue weighted by Gasteiger charge is -2.35. The number of nitrogens with zero attached hydrogens (tertiary/aromatic N) is 1. The highest BCUT2D eigenvalue weighted by molar-refractivity contribution is 5.77. The molecular weight excluding hydrogens is 256 g/mol. The molecule has 0 bridgehead atoms. The van der Waals surface area contributed by atoms with Crippen molar-refractivity contribution in [1.29, 1.82) is 0 Å². The van der Waals surface area contributed by atoms with E-state index in [1.165, 1.54) is 6.42 Å². The molecule has 5 nitrogen and oxygen atoms in total. The molecule has 1 aliphatic heterocycles. The number of carbonyl (C=O) groups excluding carboxylic acids is 1. The second-order valence-electron chi connectivity index (χ2n) is 6.15. The van der Waals surface area contributed by atoms with E-state index >= 15 is 0 Å². The number of rotatable bonds is 3. The van der Waals surface area contributed by atoms with E-state index in [2.05, 4.69) is 12.2 Å². The summed E-state index contributed by atoms with van der Waals surface area (Å²) < 4.78 is 0. The van der Waals surface area contributed by atoms with Gasteiger partial charge in [0.1, 0.15) is 0 Å². The molecule has 114 valence electrons. The molecule has 1 saturated carbocycles. The third-order valence-corrected chi connectivity index (χ3v) is 4.78. The molecule has 2 N–H and O–H groups in total. The predicted molar refractivity (Wildman–Crippen MR) is 76.5 cm³/mol. The number of urea groups is 1. The quantitative estimate of drug-likeness (QED) is 0.835. The third kappa shape index (κ3) is 3.64. The molecule has 3 atom stereocenters. The number of nitrogens with one attached hydrogen (secondary N) is 1. The van der Waals surface area contributed by atoms with Gasteiger partial charge in [-0.2, -0.15) is 0 Å². The molecule has 0 aromatic carbocycles. The molecule has 20 heavy (non-hydrogen) atoms. The van der Waals surface area contributed by atoms with Gasteiger partial charge in [-0.3, -0.25) is 4.79 Å². The molecule has 2 aliphatic rings. The van der Waals surface area contributed by atoms with Gasteiger partial charge in [-0.15, -0.1) is 0 Å². The third-order valence-electron chi connectivity index (χ3n) is 4.78. The summed E-state index contributed by atoms with van der Waals surface area (Å²) in [6.45, 7) is 3.77. The topological polar surface area (TPSA) is 69.6 Å². The van der Waals surface area contributed by atoms with E-state index in [1.54, 1.807) is 0 Å². The largest absolute Gasteiger partial charge is 0.481 e. The maximum atomic E-state index is 12.3. The summed E-state index contributed by atoms with van der Waals surface area (Å²) in [5.74, 6) is -0.601. The Kier molecular flexibility index (Phi) is 5.26. The van der Waals surface area contributed by atoms with Crippen LogP contribution in [-0.4, -0.2) is 41.1 Å². The Hall–Kier alpha value is -1.26. The van der Waals surface area contributed by atoms with E-state index in [4.69, 9.17) is 0 Å². The zero-order valence-electron chi connectivity index (χ0n) is 12.3. The maximum Gasteiger partial charge on any atom is 0.317 e. The van der Waals surface area contributed by atoms with Crippen LogP contribution in [0.2, 0.25) is 0 Å². The number of aliphatic carboxylic acids is 1. The molecule has 0 aromatic rings. The molecule has 2 fully saturated rings. The number of hydrogen-bond acceptors (Lipinski definition) is 2. The van der Waals surface area contributed by atoms with E-state index in [-0.39, 0.29) is 12.1 Å². The fourth-order valence-electron chi connectivity index (χ4n) is 3.43. The summed E-state index contributed by atoms with van der Waals surface area (Å²) in [7, 11) is 0. The minimum absolute atomic E-state index is 0.0682. The van der Waals surface area contributed by atoms with Crippen molar-refractivity contribution in [3.8, 4) is 0 Å². The van der Waals surface area contributed by atoms with Crippen LogP contribution in [-0.2, 0) is 4.79 Å². The summed E-state index contributed by atoms with van der Waals surface area (Å²) in [5, 5.41) is 12.2. The summed E-state index contributed by atoms with van der Waals surface area (Å²) in [5.41, 5.74) is 0. The molecule has 1 heterocycles. The molecule has 3 unspecified atom stereocenters. The lowest BCUT2D eigenvalue weighted by atomic mass is 9.84. The van der Waals surface area contributed by atoms with Crippen LogP contribution < -0.4 is 5.32 Å². The Morgan fingerprint density at radius 1 is 1.20 bits per heavy atom. The molecule has 2 amide bonds. The minimum Gasteiger partial charge on any atom is -0.481 e. The van der Waals surface area contributed by atoms with Crippen LogP contribution >= 0.6 is 0 Å². The number of carboxylic acids is 1. The van der Waals surface area contributed by atoms with Crippen molar-refractivity contribution in [2.24, 2.45) is 11.8 Å². The number of likely N-dealkylation sites (tertiary alicyclic amines) is 1. The highest BCUT2D eigenvalue weighted by Crippen LogP contribution is 2.25. The van der Waals surface area contributed by atoms with E-state index < -0.39 is 11.9 Å². The van der Waals surface area contributed by atoms with Gasteiger partial charge in [-0.25, -0.2) is 4.79 Å². The van der Waals surface area contributed by atoms with Crippen LogP contribution in [0.15, 0.2) is 0 Å². The first-order valence-electron chi connectivity index (χ1n) is 7.90. The molecule has 2 rings (SSSR count). The van der Waals surface area contributed by atoms with Gasteiger partial charge in [0, 0.05) is 19.1 Å². The van der Waals surface area contributed by atoms with Gasteiger partial charge in [-0.1, -0.05) is 26.2 Å². The van der Waals surface area contributed by atoms with Gasteiger partial charge in [0.2, 0.25) is 0 Å². The average molecular weight is 282 g/mol. The van der Waals surface area contributed by atoms with E-state index in [0.717, 1.165) is 45.2 Å². The van der Waals surface area contributed by atoms with Crippen molar-refractivity contribution in [3.05, 3.63) is 0 Å². The Bertz CT molecular complexity index is 359. The lowest BCUT2D eigenvalue weighted by molar-refractivity contribution is -0.143. The number of amides is 2. The summed E-state index contributed by atoms with van der Waals surface area (Å²) in [6.07, 6.45) is 6.77. The first-order valence-corrected chi connectivity index (χ1v) is 7.90. The molecular formula is C15H26N2O3. The normalized spacial score (nSPS) is 30.9. The van der Waals surface area contributed by atoms with Crippen LogP contribution in [0.5, 0.6) is 0 Å². The Morgan fingerprint density at radius 3 is 2.65 bits per heavy atom. The van der Waals surface area contributed by atoms with Crippen molar-refractivity contribution in [2.75, 3.05) is 13.1 Å². The Labute approximate surface area is 120 Å². The smallest absolute Gasteiger partial charge is 0.317 e. The van der Waals surface area contributed by atoms with Crippen molar-refractivity contribution in [2.45, 2.75) is 57.9 Å². The van der Waals surface area contributed by atoms with Gasteiger partial charge in [0.25, 0.3) is 0 Å². The highest BCUT2D eigenvalue weighted by atomic mass is 16.4. The Morgan fingerprint density at radius 2 is 1.95 bits per heavy atom. The summed E-state index contributed by atoms with van der Waals surface area (Å²) in [6, 6.07) is -0.267. The fourth-order valence-corrected chi connectivity index (χ4v) is 3.43. The second-order valence-corrected chi connectivity index (χ2v) is 6.15. The average Bonchev–Trinajstić information content (AvgIpc) is 2.47. The number of hydrogen-bond donors (Lipinski definition) is 2. The van der Waals surface area contributed by atoms with Crippen LogP contribution in [0.3, 0.4) is 0 Å². The first-order chi connectivity index (χ1) is 9.61. The minimum atomic E-state index is -0.778. The van der Waals surface area contributed by atoms with Crippen molar-refractivity contribution >= 4 is 12.0 Å². The maximum absolute atomic E-state index is 12.3. The Balaban J connectivity index is 1.90. The lowest BCUT2D eigenvalue weighted by Crippen LogP contribution is -2.52. The predicted octanol–water partition coefficient (Wildman–Crippen LogP) is 2.46. The van der Waals surface area contributed by atoms with Crippen molar-refractivity contribution < 1.29 is 14.7 Å². The molecule has 0 aromatic heterocycles. The van der Waals surface area contributed by atoms with Gasteiger partial charge in [0.05, 0.1) is 5.92 Å². The molecule has 5 heteroatoms. The van der Waals surface area contributed by atoms with Crippen molar-refractivity contribution in [3.63, 3.8) is 0 Å². The van der Waals surface area contributed by atoms with E-state index in [0.29, 0.717) is 12.3 Å². The van der Waals surface area contributed by atoms with Crippen LogP contribution in [0.4, 0.5) is 4.79 Å².